The number of nitrogens with zero attached hydrogens (tertiary/aromatic N) is 2. The Hall–Kier alpha value is -3.16. The minimum absolute atomic E-state index is 0.0178. The summed E-state index contributed by atoms with van der Waals surface area (Å²) in [5.41, 5.74) is -0.706. The lowest BCUT2D eigenvalue weighted by molar-refractivity contribution is -0.137. The molecule has 0 saturated carbocycles. The van der Waals surface area contributed by atoms with Gasteiger partial charge in [0.15, 0.2) is 5.69 Å². The zero-order valence-corrected chi connectivity index (χ0v) is 15.2. The summed E-state index contributed by atoms with van der Waals surface area (Å²) in [6, 6.07) is 10.6. The van der Waals surface area contributed by atoms with Gasteiger partial charge in [0, 0.05) is 5.39 Å². The first-order chi connectivity index (χ1) is 13.2. The van der Waals surface area contributed by atoms with E-state index in [2.05, 4.69) is 5.10 Å². The van der Waals surface area contributed by atoms with E-state index in [1.54, 1.807) is 38.1 Å². The minimum Gasteiger partial charge on any atom is -0.456 e. The minimum atomic E-state index is -4.43. The quantitative estimate of drug-likeness (QED) is 0.622. The molecule has 2 aromatic carbocycles. The summed E-state index contributed by atoms with van der Waals surface area (Å²) in [7, 11) is 0. The summed E-state index contributed by atoms with van der Waals surface area (Å²) >= 11 is 0. The van der Waals surface area contributed by atoms with Crippen molar-refractivity contribution in [3.05, 3.63) is 75.7 Å². The lowest BCUT2D eigenvalue weighted by Gasteiger charge is -2.13. The third-order valence-electron chi connectivity index (χ3n) is 4.16. The van der Waals surface area contributed by atoms with Crippen LogP contribution in [0.4, 0.5) is 13.2 Å². The number of alkyl halides is 3. The van der Waals surface area contributed by atoms with Gasteiger partial charge in [0.2, 0.25) is 0 Å². The Labute approximate surface area is 158 Å². The highest BCUT2D eigenvalue weighted by Crippen LogP contribution is 2.29. The molecule has 8 heteroatoms. The Kier molecular flexibility index (Phi) is 5.22. The number of hydrogen-bond donors (Lipinski definition) is 0. The van der Waals surface area contributed by atoms with Gasteiger partial charge in [0.25, 0.3) is 5.56 Å². The SMILES string of the molecule is CC(C)n1nc(C(=O)OCc2ccc(C(F)(F)F)cc2)c2ccccc2c1=O. The van der Waals surface area contributed by atoms with Crippen LogP contribution in [0.3, 0.4) is 0 Å². The topological polar surface area (TPSA) is 61.2 Å². The van der Waals surface area contributed by atoms with Crippen molar-refractivity contribution in [1.29, 1.82) is 0 Å². The Bertz CT molecular complexity index is 1070. The molecule has 0 radical (unpaired) electrons. The second-order valence-electron chi connectivity index (χ2n) is 6.51. The smallest absolute Gasteiger partial charge is 0.416 e. The van der Waals surface area contributed by atoms with Gasteiger partial charge in [0.1, 0.15) is 6.61 Å². The second kappa shape index (κ2) is 7.46. The molecule has 0 fully saturated rings. The van der Waals surface area contributed by atoms with Crippen molar-refractivity contribution in [1.82, 2.24) is 9.78 Å². The molecule has 0 aliphatic carbocycles. The van der Waals surface area contributed by atoms with Crippen LogP contribution in [0.15, 0.2) is 53.3 Å². The van der Waals surface area contributed by atoms with Gasteiger partial charge in [-0.05, 0) is 37.6 Å². The molecule has 0 bridgehead atoms. The fourth-order valence-corrected chi connectivity index (χ4v) is 2.71. The summed E-state index contributed by atoms with van der Waals surface area (Å²) in [6.07, 6.45) is -4.43. The Morgan fingerprint density at radius 3 is 2.25 bits per heavy atom. The van der Waals surface area contributed by atoms with E-state index in [1.165, 1.54) is 16.8 Å². The van der Waals surface area contributed by atoms with Crippen molar-refractivity contribution < 1.29 is 22.7 Å². The van der Waals surface area contributed by atoms with E-state index in [0.717, 1.165) is 12.1 Å². The molecule has 0 unspecified atom stereocenters. The third-order valence-corrected chi connectivity index (χ3v) is 4.16. The highest BCUT2D eigenvalue weighted by molar-refractivity contribution is 6.02. The van der Waals surface area contributed by atoms with Crippen LogP contribution in [0, 0.1) is 0 Å². The molecule has 0 N–H and O–H groups in total. The van der Waals surface area contributed by atoms with E-state index in [0.29, 0.717) is 16.3 Å². The molecule has 1 aromatic heterocycles. The molecule has 0 amide bonds. The van der Waals surface area contributed by atoms with Gasteiger partial charge in [-0.2, -0.15) is 18.3 Å². The summed E-state index contributed by atoms with van der Waals surface area (Å²) in [6.45, 7) is 3.31. The maximum Gasteiger partial charge on any atom is 0.416 e. The number of esters is 1. The van der Waals surface area contributed by atoms with Crippen molar-refractivity contribution >= 4 is 16.7 Å². The number of carbonyl (C=O) groups excluding carboxylic acids is 1. The summed E-state index contributed by atoms with van der Waals surface area (Å²) in [5, 5.41) is 4.84. The van der Waals surface area contributed by atoms with Crippen molar-refractivity contribution in [2.24, 2.45) is 0 Å². The highest BCUT2D eigenvalue weighted by Gasteiger charge is 2.30. The van der Waals surface area contributed by atoms with Crippen molar-refractivity contribution in [3.63, 3.8) is 0 Å². The fourth-order valence-electron chi connectivity index (χ4n) is 2.71. The summed E-state index contributed by atoms with van der Waals surface area (Å²) in [4.78, 5) is 25.1. The number of fused-ring (bicyclic) bond motifs is 1. The number of benzene rings is 2. The summed E-state index contributed by atoms with van der Waals surface area (Å²) < 4.78 is 44.3. The van der Waals surface area contributed by atoms with Gasteiger partial charge in [-0.15, -0.1) is 0 Å². The molecular formula is C20H17F3N2O3. The largest absolute Gasteiger partial charge is 0.456 e. The summed E-state index contributed by atoms with van der Waals surface area (Å²) in [5.74, 6) is -0.759. The first-order valence-electron chi connectivity index (χ1n) is 8.53. The van der Waals surface area contributed by atoms with E-state index < -0.39 is 17.7 Å². The highest BCUT2D eigenvalue weighted by atomic mass is 19.4. The predicted octanol–water partition coefficient (Wildman–Crippen LogP) is 4.35. The molecule has 0 aliphatic rings. The number of hydrogen-bond acceptors (Lipinski definition) is 4. The third kappa shape index (κ3) is 3.90. The lowest BCUT2D eigenvalue weighted by Crippen LogP contribution is -2.27. The van der Waals surface area contributed by atoms with Crippen LogP contribution in [-0.2, 0) is 17.5 Å². The number of halogens is 3. The van der Waals surface area contributed by atoms with Crippen LogP contribution in [-0.4, -0.2) is 15.7 Å². The van der Waals surface area contributed by atoms with E-state index in [-0.39, 0.29) is 23.9 Å². The van der Waals surface area contributed by atoms with E-state index >= 15 is 0 Å². The zero-order chi connectivity index (χ0) is 20.5. The zero-order valence-electron chi connectivity index (χ0n) is 15.2. The van der Waals surface area contributed by atoms with Crippen LogP contribution in [0.25, 0.3) is 10.8 Å². The number of aromatic nitrogens is 2. The van der Waals surface area contributed by atoms with E-state index in [9.17, 15) is 22.8 Å². The monoisotopic (exact) mass is 390 g/mol. The second-order valence-corrected chi connectivity index (χ2v) is 6.51. The molecule has 3 aromatic rings. The molecule has 0 saturated heterocycles. The number of carbonyl (C=O) groups is 1. The van der Waals surface area contributed by atoms with Crippen molar-refractivity contribution in [3.8, 4) is 0 Å². The van der Waals surface area contributed by atoms with Gasteiger partial charge in [0.05, 0.1) is 17.0 Å². The molecule has 5 nitrogen and oxygen atoms in total. The average molecular weight is 390 g/mol. The van der Waals surface area contributed by atoms with Crippen LogP contribution >= 0.6 is 0 Å². The standard InChI is InChI=1S/C20H17F3N2O3/c1-12(2)25-18(26)16-6-4-3-5-15(16)17(24-25)19(27)28-11-13-7-9-14(10-8-13)20(21,22)23/h3-10,12H,11H2,1-2H3. The van der Waals surface area contributed by atoms with Gasteiger partial charge in [-0.1, -0.05) is 30.3 Å². The van der Waals surface area contributed by atoms with Crippen LogP contribution < -0.4 is 5.56 Å². The molecule has 146 valence electrons. The van der Waals surface area contributed by atoms with Gasteiger partial charge < -0.3 is 4.74 Å². The average Bonchev–Trinajstić information content (AvgIpc) is 2.66. The normalized spacial score (nSPS) is 11.8. The van der Waals surface area contributed by atoms with E-state index in [1.807, 2.05) is 0 Å². The molecule has 0 aliphatic heterocycles. The molecule has 0 atom stereocenters. The Morgan fingerprint density at radius 1 is 1.07 bits per heavy atom. The number of ether oxygens (including phenoxy) is 1. The van der Waals surface area contributed by atoms with Crippen LogP contribution in [0.5, 0.6) is 0 Å². The van der Waals surface area contributed by atoms with Crippen LogP contribution in [0.2, 0.25) is 0 Å². The van der Waals surface area contributed by atoms with Crippen molar-refractivity contribution in [2.45, 2.75) is 32.7 Å². The van der Waals surface area contributed by atoms with Gasteiger partial charge in [-0.3, -0.25) is 4.79 Å². The number of rotatable bonds is 4. The maximum absolute atomic E-state index is 12.6. The van der Waals surface area contributed by atoms with Crippen LogP contribution in [0.1, 0.15) is 41.5 Å². The molecule has 3 rings (SSSR count). The van der Waals surface area contributed by atoms with Gasteiger partial charge >= 0.3 is 12.1 Å². The molecule has 28 heavy (non-hydrogen) atoms. The first kappa shape index (κ1) is 19.6. The molecular weight excluding hydrogens is 373 g/mol. The maximum atomic E-state index is 12.6. The lowest BCUT2D eigenvalue weighted by atomic mass is 10.1. The first-order valence-corrected chi connectivity index (χ1v) is 8.53. The Balaban J connectivity index is 1.88. The fraction of sp³-hybridized carbons (Fsp3) is 0.250. The predicted molar refractivity (Wildman–Crippen MR) is 97.0 cm³/mol. The Morgan fingerprint density at radius 2 is 1.68 bits per heavy atom. The van der Waals surface area contributed by atoms with Crippen molar-refractivity contribution in [2.75, 3.05) is 0 Å². The molecule has 0 spiro atoms. The van der Waals surface area contributed by atoms with E-state index in [4.69, 9.17) is 4.74 Å². The van der Waals surface area contributed by atoms with Gasteiger partial charge in [-0.25, -0.2) is 9.48 Å². The molecule has 1 heterocycles.